The van der Waals surface area contributed by atoms with Gasteiger partial charge in [0, 0.05) is 17.4 Å². The summed E-state index contributed by atoms with van der Waals surface area (Å²) in [6, 6.07) is 13.3. The minimum absolute atomic E-state index is 0.693. The van der Waals surface area contributed by atoms with Crippen LogP contribution in [0.15, 0.2) is 48.7 Å². The van der Waals surface area contributed by atoms with Gasteiger partial charge >= 0.3 is 0 Å². The Kier molecular flexibility index (Phi) is 1.86. The second-order valence-corrected chi connectivity index (χ2v) is 3.56. The second kappa shape index (κ2) is 3.34. The van der Waals surface area contributed by atoms with Gasteiger partial charge in [0.1, 0.15) is 0 Å². The molecule has 0 radical (unpaired) electrons. The lowest BCUT2D eigenvalue weighted by molar-refractivity contribution is 0.966. The zero-order chi connectivity index (χ0) is 11.0. The number of pyridine rings is 1. The molecule has 0 aliphatic heterocycles. The zero-order valence-electron chi connectivity index (χ0n) is 8.54. The maximum Gasteiger partial charge on any atom is 0.182 e. The number of hydrogen-bond acceptors (Lipinski definition) is 3. The van der Waals surface area contributed by atoms with Crippen LogP contribution in [-0.2, 0) is 0 Å². The largest absolute Gasteiger partial charge is 0.399 e. The first-order chi connectivity index (χ1) is 7.83. The topological polar surface area (TPSA) is 56.2 Å². The highest BCUT2D eigenvalue weighted by atomic mass is 15.3. The Hall–Kier alpha value is -2.36. The molecule has 0 unspecified atom stereocenters. The highest BCUT2D eigenvalue weighted by molar-refractivity contribution is 5.62. The van der Waals surface area contributed by atoms with Gasteiger partial charge in [-0.3, -0.25) is 0 Å². The first kappa shape index (κ1) is 8.91. The van der Waals surface area contributed by atoms with Crippen molar-refractivity contribution in [1.29, 1.82) is 0 Å². The fourth-order valence-corrected chi connectivity index (χ4v) is 1.63. The van der Waals surface area contributed by atoms with Crippen molar-refractivity contribution < 1.29 is 0 Å². The molecule has 16 heavy (non-hydrogen) atoms. The lowest BCUT2D eigenvalue weighted by atomic mass is 10.2. The van der Waals surface area contributed by atoms with Crippen molar-refractivity contribution in [3.8, 4) is 11.4 Å². The predicted molar refractivity (Wildman–Crippen MR) is 62.8 cm³/mol. The third-order valence-electron chi connectivity index (χ3n) is 2.39. The van der Waals surface area contributed by atoms with E-state index in [2.05, 4.69) is 10.1 Å². The molecule has 0 saturated carbocycles. The van der Waals surface area contributed by atoms with Crippen LogP contribution in [0.2, 0.25) is 0 Å². The molecule has 0 amide bonds. The van der Waals surface area contributed by atoms with Crippen molar-refractivity contribution in [1.82, 2.24) is 14.6 Å². The fraction of sp³-hybridized carbons (Fsp3) is 0. The van der Waals surface area contributed by atoms with Gasteiger partial charge in [0.15, 0.2) is 11.5 Å². The Balaban J connectivity index is 2.19. The van der Waals surface area contributed by atoms with Gasteiger partial charge in [-0.1, -0.05) is 18.2 Å². The van der Waals surface area contributed by atoms with Crippen LogP contribution in [0.1, 0.15) is 0 Å². The number of nitrogen functional groups attached to an aromatic ring is 1. The molecular weight excluding hydrogens is 200 g/mol. The lowest BCUT2D eigenvalue weighted by Gasteiger charge is -1.95. The van der Waals surface area contributed by atoms with Gasteiger partial charge in [0.2, 0.25) is 0 Å². The summed E-state index contributed by atoms with van der Waals surface area (Å²) in [5, 5.41) is 4.37. The number of fused-ring (bicyclic) bond motifs is 1. The van der Waals surface area contributed by atoms with Gasteiger partial charge in [-0.2, -0.15) is 0 Å². The third kappa shape index (κ3) is 1.40. The smallest absolute Gasteiger partial charge is 0.182 e. The standard InChI is InChI=1S/C12H10N4/c13-10-5-3-4-9(8-10)12-14-11-6-1-2-7-16(11)15-12/h1-8H,13H2. The van der Waals surface area contributed by atoms with Crippen LogP contribution < -0.4 is 5.73 Å². The summed E-state index contributed by atoms with van der Waals surface area (Å²) in [4.78, 5) is 4.42. The third-order valence-corrected chi connectivity index (χ3v) is 2.39. The molecule has 1 aromatic carbocycles. The van der Waals surface area contributed by atoms with Crippen molar-refractivity contribution >= 4 is 11.3 Å². The average molecular weight is 210 g/mol. The van der Waals surface area contributed by atoms with Gasteiger partial charge in [0.25, 0.3) is 0 Å². The molecule has 78 valence electrons. The molecule has 3 aromatic rings. The summed E-state index contributed by atoms with van der Waals surface area (Å²) in [5.41, 5.74) is 8.21. The number of anilines is 1. The maximum atomic E-state index is 5.73. The Morgan fingerprint density at radius 3 is 2.81 bits per heavy atom. The number of benzene rings is 1. The number of hydrogen-bond donors (Lipinski definition) is 1. The van der Waals surface area contributed by atoms with E-state index in [1.54, 1.807) is 4.52 Å². The number of nitrogens with zero attached hydrogens (tertiary/aromatic N) is 3. The van der Waals surface area contributed by atoms with E-state index in [1.807, 2.05) is 48.7 Å². The molecule has 0 aliphatic rings. The van der Waals surface area contributed by atoms with Crippen LogP contribution in [0.25, 0.3) is 17.0 Å². The van der Waals surface area contributed by atoms with E-state index in [0.717, 1.165) is 16.9 Å². The first-order valence-corrected chi connectivity index (χ1v) is 5.00. The Bertz CT molecular complexity index is 609. The minimum atomic E-state index is 0.693. The Morgan fingerprint density at radius 2 is 2.00 bits per heavy atom. The molecule has 0 aliphatic carbocycles. The van der Waals surface area contributed by atoms with Crippen molar-refractivity contribution in [3.05, 3.63) is 48.7 Å². The van der Waals surface area contributed by atoms with E-state index in [1.165, 1.54) is 0 Å². The fourth-order valence-electron chi connectivity index (χ4n) is 1.63. The zero-order valence-corrected chi connectivity index (χ0v) is 8.54. The van der Waals surface area contributed by atoms with Crippen LogP contribution in [0.3, 0.4) is 0 Å². The van der Waals surface area contributed by atoms with Crippen LogP contribution >= 0.6 is 0 Å². The number of nitrogens with two attached hydrogens (primary N) is 1. The second-order valence-electron chi connectivity index (χ2n) is 3.56. The summed E-state index contributed by atoms with van der Waals surface area (Å²) in [6.07, 6.45) is 1.87. The van der Waals surface area contributed by atoms with E-state index < -0.39 is 0 Å². The average Bonchev–Trinajstić information content (AvgIpc) is 2.72. The number of rotatable bonds is 1. The van der Waals surface area contributed by atoms with Crippen molar-refractivity contribution in [2.45, 2.75) is 0 Å². The maximum absolute atomic E-state index is 5.73. The number of aromatic nitrogens is 3. The van der Waals surface area contributed by atoms with Crippen LogP contribution in [-0.4, -0.2) is 14.6 Å². The van der Waals surface area contributed by atoms with Crippen LogP contribution in [0.5, 0.6) is 0 Å². The molecule has 4 nitrogen and oxygen atoms in total. The van der Waals surface area contributed by atoms with E-state index in [9.17, 15) is 0 Å². The molecule has 4 heteroatoms. The van der Waals surface area contributed by atoms with E-state index >= 15 is 0 Å². The van der Waals surface area contributed by atoms with Crippen molar-refractivity contribution in [2.24, 2.45) is 0 Å². The quantitative estimate of drug-likeness (QED) is 0.625. The summed E-state index contributed by atoms with van der Waals surface area (Å²) in [7, 11) is 0. The SMILES string of the molecule is Nc1cccc(-c2nc3ccccn3n2)c1. The molecule has 0 bridgehead atoms. The van der Waals surface area contributed by atoms with E-state index in [-0.39, 0.29) is 0 Å². The Morgan fingerprint density at radius 1 is 1.06 bits per heavy atom. The van der Waals surface area contributed by atoms with Gasteiger partial charge in [-0.15, -0.1) is 5.10 Å². The van der Waals surface area contributed by atoms with Gasteiger partial charge in [-0.25, -0.2) is 9.50 Å². The molecule has 2 N–H and O–H groups in total. The molecule has 0 atom stereocenters. The monoisotopic (exact) mass is 210 g/mol. The van der Waals surface area contributed by atoms with Crippen LogP contribution in [0.4, 0.5) is 5.69 Å². The summed E-state index contributed by atoms with van der Waals surface area (Å²) in [6.45, 7) is 0. The molecule has 0 saturated heterocycles. The highest BCUT2D eigenvalue weighted by Gasteiger charge is 2.05. The first-order valence-electron chi connectivity index (χ1n) is 5.00. The molecular formula is C12H10N4. The predicted octanol–water partition coefficient (Wildman–Crippen LogP) is 1.98. The lowest BCUT2D eigenvalue weighted by Crippen LogP contribution is -1.87. The highest BCUT2D eigenvalue weighted by Crippen LogP contribution is 2.18. The minimum Gasteiger partial charge on any atom is -0.399 e. The summed E-state index contributed by atoms with van der Waals surface area (Å²) < 4.78 is 1.75. The normalized spacial score (nSPS) is 10.8. The summed E-state index contributed by atoms with van der Waals surface area (Å²) in [5.74, 6) is 0.693. The van der Waals surface area contributed by atoms with Crippen LogP contribution in [0, 0.1) is 0 Å². The van der Waals surface area contributed by atoms with E-state index in [4.69, 9.17) is 5.73 Å². The molecule has 0 fully saturated rings. The van der Waals surface area contributed by atoms with Gasteiger partial charge < -0.3 is 5.73 Å². The Labute approximate surface area is 92.4 Å². The summed E-state index contributed by atoms with van der Waals surface area (Å²) >= 11 is 0. The van der Waals surface area contributed by atoms with Gasteiger partial charge in [-0.05, 0) is 24.3 Å². The van der Waals surface area contributed by atoms with Crippen molar-refractivity contribution in [3.63, 3.8) is 0 Å². The van der Waals surface area contributed by atoms with Crippen molar-refractivity contribution in [2.75, 3.05) is 5.73 Å². The van der Waals surface area contributed by atoms with Gasteiger partial charge in [0.05, 0.1) is 0 Å². The molecule has 2 aromatic heterocycles. The molecule has 2 heterocycles. The molecule has 0 spiro atoms. The van der Waals surface area contributed by atoms with E-state index in [0.29, 0.717) is 5.82 Å². The molecule has 3 rings (SSSR count).